The normalized spacial score (nSPS) is 11.5. The molecule has 0 spiro atoms. The molecular weight excluding hydrogens is 621 g/mol. The van der Waals surface area contributed by atoms with Gasteiger partial charge in [0.05, 0.1) is 0 Å². The highest BCUT2D eigenvalue weighted by Crippen LogP contribution is 2.16. The molecule has 0 saturated heterocycles. The lowest BCUT2D eigenvalue weighted by Gasteiger charge is -2.44. The largest absolute Gasteiger partial charge is 0.849 e. The Morgan fingerprint density at radius 3 is 0.894 bits per heavy atom. The van der Waals surface area contributed by atoms with Crippen LogP contribution in [0.4, 0.5) is 0 Å². The molecule has 47 heavy (non-hydrogen) atoms. The zero-order valence-electron chi connectivity index (χ0n) is 30.7. The molecule has 284 valence electrons. The Labute approximate surface area is 296 Å². The van der Waals surface area contributed by atoms with Gasteiger partial charge in [0, 0.05) is 20.3 Å². The van der Waals surface area contributed by atoms with Crippen LogP contribution in [0.15, 0.2) is 25.3 Å². The SMILES string of the molecule is C.C=CCCCCCCCCCCCCCCCC[Si](O)(O)OC.C=CCCCCCCCCCCCCCCCC[Si]([O-])([O-])OC. The summed E-state index contributed by atoms with van der Waals surface area (Å²) in [5.41, 5.74) is 0. The topological polar surface area (TPSA) is 105 Å². The van der Waals surface area contributed by atoms with Crippen molar-refractivity contribution in [3.63, 3.8) is 0 Å². The second-order valence-electron chi connectivity index (χ2n) is 13.4. The first-order valence-electron chi connectivity index (χ1n) is 19.4. The summed E-state index contributed by atoms with van der Waals surface area (Å²) in [6.45, 7) is 7.50. The lowest BCUT2D eigenvalue weighted by molar-refractivity contribution is -0.404. The van der Waals surface area contributed by atoms with Crippen molar-refractivity contribution in [3.05, 3.63) is 25.3 Å². The highest BCUT2D eigenvalue weighted by atomic mass is 28.4. The minimum atomic E-state index is -3.79. The first kappa shape index (κ1) is 51.0. The van der Waals surface area contributed by atoms with E-state index in [1.54, 1.807) is 0 Å². The molecule has 0 radical (unpaired) electrons. The third kappa shape index (κ3) is 45.7. The van der Waals surface area contributed by atoms with Crippen LogP contribution in [0.25, 0.3) is 0 Å². The van der Waals surface area contributed by atoms with Crippen molar-refractivity contribution >= 4 is 17.6 Å². The number of unbranched alkanes of at least 4 members (excludes halogenated alkanes) is 28. The van der Waals surface area contributed by atoms with Gasteiger partial charge < -0.3 is 28.0 Å². The Kier molecular flexibility index (Phi) is 43.6. The van der Waals surface area contributed by atoms with E-state index in [-0.39, 0.29) is 13.5 Å². The molecular formula is C39H82O6Si2-2. The quantitative estimate of drug-likeness (QED) is 0.0382. The monoisotopic (exact) mass is 703 g/mol. The lowest BCUT2D eigenvalue weighted by atomic mass is 10.0. The van der Waals surface area contributed by atoms with E-state index >= 15 is 0 Å². The van der Waals surface area contributed by atoms with E-state index in [4.69, 9.17) is 4.43 Å². The molecule has 0 heterocycles. The fourth-order valence-corrected chi connectivity index (χ4v) is 7.52. The highest BCUT2D eigenvalue weighted by Gasteiger charge is 2.29. The number of allylic oxidation sites excluding steroid dienone is 2. The van der Waals surface area contributed by atoms with Crippen molar-refractivity contribution in [2.75, 3.05) is 14.2 Å². The van der Waals surface area contributed by atoms with E-state index in [0.717, 1.165) is 32.1 Å². The van der Waals surface area contributed by atoms with Crippen LogP contribution in [-0.4, -0.2) is 41.4 Å². The third-order valence-electron chi connectivity index (χ3n) is 8.94. The van der Waals surface area contributed by atoms with E-state index in [0.29, 0.717) is 6.04 Å². The minimum Gasteiger partial charge on any atom is -0.849 e. The number of hydrogen-bond donors (Lipinski definition) is 2. The average Bonchev–Trinajstić information content (AvgIpc) is 3.04. The molecule has 0 aliphatic carbocycles. The fraction of sp³-hybridized carbons (Fsp3) is 0.897. The Balaban J connectivity index is -0.000000807. The Morgan fingerprint density at radius 2 is 0.660 bits per heavy atom. The van der Waals surface area contributed by atoms with Crippen molar-refractivity contribution in [1.82, 2.24) is 0 Å². The summed E-state index contributed by atoms with van der Waals surface area (Å²) in [6, 6.07) is 0.661. The Hall–Kier alpha value is -0.326. The smallest absolute Gasteiger partial charge is 0.495 e. The van der Waals surface area contributed by atoms with Crippen LogP contribution in [0.3, 0.4) is 0 Å². The van der Waals surface area contributed by atoms with E-state index in [9.17, 15) is 19.2 Å². The molecule has 0 atom stereocenters. The summed E-state index contributed by atoms with van der Waals surface area (Å²) in [4.78, 5) is 41.2. The van der Waals surface area contributed by atoms with Gasteiger partial charge in [0.2, 0.25) is 0 Å². The molecule has 0 aromatic rings. The molecule has 0 aliphatic heterocycles. The van der Waals surface area contributed by atoms with Crippen molar-refractivity contribution in [2.45, 2.75) is 212 Å². The lowest BCUT2D eigenvalue weighted by Crippen LogP contribution is -2.64. The van der Waals surface area contributed by atoms with Crippen LogP contribution >= 0.6 is 0 Å². The van der Waals surface area contributed by atoms with Crippen molar-refractivity contribution in [3.8, 4) is 0 Å². The van der Waals surface area contributed by atoms with Gasteiger partial charge in [-0.3, -0.25) is 0 Å². The van der Waals surface area contributed by atoms with Gasteiger partial charge in [0.1, 0.15) is 0 Å². The van der Waals surface area contributed by atoms with E-state index in [1.807, 2.05) is 12.2 Å². The zero-order valence-corrected chi connectivity index (χ0v) is 32.7. The Bertz CT molecular complexity index is 566. The van der Waals surface area contributed by atoms with Gasteiger partial charge in [-0.1, -0.05) is 186 Å². The van der Waals surface area contributed by atoms with Gasteiger partial charge in [-0.05, 0) is 40.9 Å². The maximum atomic E-state index is 11.2. The fourth-order valence-electron chi connectivity index (χ4n) is 5.72. The molecule has 8 heteroatoms. The summed E-state index contributed by atoms with van der Waals surface area (Å²) in [5, 5.41) is 0. The van der Waals surface area contributed by atoms with Crippen molar-refractivity contribution in [1.29, 1.82) is 0 Å². The van der Waals surface area contributed by atoms with Gasteiger partial charge >= 0.3 is 8.80 Å². The maximum Gasteiger partial charge on any atom is 0.495 e. The van der Waals surface area contributed by atoms with Crippen LogP contribution < -0.4 is 9.59 Å². The second kappa shape index (κ2) is 40.1. The molecule has 0 aliphatic rings. The van der Waals surface area contributed by atoms with Gasteiger partial charge in [0.25, 0.3) is 0 Å². The first-order chi connectivity index (χ1) is 22.2. The number of hydrogen-bond acceptors (Lipinski definition) is 6. The first-order valence-corrected chi connectivity index (χ1v) is 23.4. The van der Waals surface area contributed by atoms with Gasteiger partial charge in [-0.15, -0.1) is 13.2 Å². The van der Waals surface area contributed by atoms with Gasteiger partial charge in [-0.2, -0.15) is 0 Å². The van der Waals surface area contributed by atoms with E-state index in [2.05, 4.69) is 17.6 Å². The molecule has 0 amide bonds. The predicted molar refractivity (Wildman–Crippen MR) is 205 cm³/mol. The third-order valence-corrected chi connectivity index (χ3v) is 12.2. The molecule has 0 rings (SSSR count). The van der Waals surface area contributed by atoms with Crippen LogP contribution in [-0.2, 0) is 8.85 Å². The van der Waals surface area contributed by atoms with Crippen LogP contribution in [0.5, 0.6) is 0 Å². The van der Waals surface area contributed by atoms with Crippen LogP contribution in [0, 0.1) is 0 Å². The molecule has 0 aromatic carbocycles. The molecule has 0 bridgehead atoms. The molecule has 0 unspecified atom stereocenters. The summed E-state index contributed by atoms with van der Waals surface area (Å²) in [5.74, 6) is 0. The zero-order chi connectivity index (χ0) is 34.5. The number of rotatable bonds is 36. The van der Waals surface area contributed by atoms with Gasteiger partial charge in [-0.25, -0.2) is 0 Å². The molecule has 0 fully saturated rings. The van der Waals surface area contributed by atoms with Crippen LogP contribution in [0.2, 0.25) is 12.1 Å². The molecule has 6 nitrogen and oxygen atoms in total. The van der Waals surface area contributed by atoms with E-state index < -0.39 is 17.6 Å². The Morgan fingerprint density at radius 1 is 0.426 bits per heavy atom. The predicted octanol–water partition coefficient (Wildman–Crippen LogP) is 10.6. The van der Waals surface area contributed by atoms with Crippen molar-refractivity contribution in [2.24, 2.45) is 0 Å². The van der Waals surface area contributed by atoms with Crippen LogP contribution in [0.1, 0.15) is 200 Å². The minimum absolute atomic E-state index is 0. The highest BCUT2D eigenvalue weighted by molar-refractivity contribution is 6.57. The summed E-state index contributed by atoms with van der Waals surface area (Å²) in [7, 11) is -4.43. The van der Waals surface area contributed by atoms with Crippen molar-refractivity contribution < 1.29 is 28.0 Å². The maximum absolute atomic E-state index is 11.2. The van der Waals surface area contributed by atoms with Gasteiger partial charge in [0.15, 0.2) is 0 Å². The van der Waals surface area contributed by atoms with E-state index in [1.165, 1.54) is 175 Å². The summed E-state index contributed by atoms with van der Waals surface area (Å²) in [6.07, 6.45) is 42.3. The summed E-state index contributed by atoms with van der Waals surface area (Å²) < 4.78 is 9.19. The molecule has 0 aromatic heterocycles. The molecule has 0 saturated carbocycles. The summed E-state index contributed by atoms with van der Waals surface area (Å²) >= 11 is 0. The average molecular weight is 703 g/mol. The molecule has 2 N–H and O–H groups in total. The standard InChI is InChI=1S/C19H40O3Si.C19H38O3Si.CH4/c2*1-3-4-5-6-7-8-9-10-11-12-13-14-15-16-17-18-19-23(20,21)22-2;/h3,20-21H,1,4-19H2,2H3;3H,1,4-19H2,2H3;1H4/q;-2;. The second-order valence-corrected chi connectivity index (χ2v) is 18.1.